The Morgan fingerprint density at radius 1 is 1.16 bits per heavy atom. The summed E-state index contributed by atoms with van der Waals surface area (Å²) in [5.41, 5.74) is 1.71. The first-order valence-electron chi connectivity index (χ1n) is 8.14. The number of nitrogens with zero attached hydrogens (tertiary/aromatic N) is 4. The maximum Gasteiger partial charge on any atom is 0.249 e. The number of hydrogen-bond acceptors (Lipinski definition) is 4. The Balaban J connectivity index is 1.66. The molecule has 1 fully saturated rings. The molecule has 0 aliphatic carbocycles. The normalized spacial score (nSPS) is 17.3. The molecular weight excluding hydrogens is 336 g/mol. The molecule has 25 heavy (non-hydrogen) atoms. The molecule has 126 valence electrons. The lowest BCUT2D eigenvalue weighted by Gasteiger charge is -2.25. The number of benzene rings is 2. The number of fused-ring (bicyclic) bond motifs is 1. The predicted molar refractivity (Wildman–Crippen MR) is 100 cm³/mol. The molecule has 2 heterocycles. The lowest BCUT2D eigenvalue weighted by Crippen LogP contribution is -2.40. The molecule has 1 unspecified atom stereocenters. The molecule has 2 aromatic carbocycles. The van der Waals surface area contributed by atoms with Crippen LogP contribution < -0.4 is 9.80 Å². The first kappa shape index (κ1) is 15.8. The maximum atomic E-state index is 12.9. The fourth-order valence-electron chi connectivity index (χ4n) is 3.33. The molecule has 0 bridgehead atoms. The molecule has 1 amide bonds. The minimum atomic E-state index is -0.242. The summed E-state index contributed by atoms with van der Waals surface area (Å²) in [6.45, 7) is 0.701. The Morgan fingerprint density at radius 2 is 1.96 bits per heavy atom. The highest BCUT2D eigenvalue weighted by atomic mass is 35.5. The van der Waals surface area contributed by atoms with Crippen molar-refractivity contribution in [3.8, 4) is 0 Å². The number of amides is 1. The number of halogens is 1. The number of carbonyl (C=O) groups excluding carboxylic acids is 1. The number of hydrogen-bond donors (Lipinski definition) is 0. The Labute approximate surface area is 150 Å². The van der Waals surface area contributed by atoms with E-state index in [1.54, 1.807) is 0 Å². The van der Waals surface area contributed by atoms with Crippen molar-refractivity contribution < 1.29 is 4.79 Å². The summed E-state index contributed by atoms with van der Waals surface area (Å²) in [5, 5.41) is 1.52. The van der Waals surface area contributed by atoms with Gasteiger partial charge in [0.25, 0.3) is 0 Å². The van der Waals surface area contributed by atoms with Gasteiger partial charge < -0.3 is 9.80 Å². The summed E-state index contributed by atoms with van der Waals surface area (Å²) in [4.78, 5) is 25.4. The van der Waals surface area contributed by atoms with Crippen LogP contribution in [0.25, 0.3) is 10.9 Å². The lowest BCUT2D eigenvalue weighted by atomic mass is 10.2. The zero-order chi connectivity index (χ0) is 17.4. The molecule has 0 radical (unpaired) electrons. The monoisotopic (exact) mass is 352 g/mol. The SMILES string of the molecule is CN(c1ncnc2cc(Cl)ccc12)C1CCN(c2ccccc2)C1=O. The van der Waals surface area contributed by atoms with Gasteiger partial charge in [0.1, 0.15) is 18.2 Å². The Morgan fingerprint density at radius 3 is 2.76 bits per heavy atom. The van der Waals surface area contributed by atoms with E-state index in [-0.39, 0.29) is 11.9 Å². The standard InChI is InChI=1S/C19H17ClN4O/c1-23(18-15-8-7-13(20)11-16(15)21-12-22-18)17-9-10-24(19(17)25)14-5-3-2-4-6-14/h2-8,11-12,17H,9-10H2,1H3. The zero-order valence-corrected chi connectivity index (χ0v) is 14.5. The van der Waals surface area contributed by atoms with Gasteiger partial charge in [-0.3, -0.25) is 4.79 Å². The van der Waals surface area contributed by atoms with Crippen LogP contribution in [0.1, 0.15) is 6.42 Å². The molecule has 1 saturated heterocycles. The smallest absolute Gasteiger partial charge is 0.249 e. The van der Waals surface area contributed by atoms with Crippen LogP contribution in [-0.2, 0) is 4.79 Å². The van der Waals surface area contributed by atoms with Gasteiger partial charge in [0.2, 0.25) is 5.91 Å². The fraction of sp³-hybridized carbons (Fsp3) is 0.211. The van der Waals surface area contributed by atoms with Gasteiger partial charge in [-0.25, -0.2) is 9.97 Å². The van der Waals surface area contributed by atoms with Crippen molar-refractivity contribution in [3.05, 3.63) is 59.9 Å². The van der Waals surface area contributed by atoms with E-state index in [4.69, 9.17) is 11.6 Å². The highest BCUT2D eigenvalue weighted by molar-refractivity contribution is 6.31. The van der Waals surface area contributed by atoms with E-state index in [9.17, 15) is 4.79 Å². The van der Waals surface area contributed by atoms with Gasteiger partial charge in [0, 0.05) is 29.7 Å². The largest absolute Gasteiger partial charge is 0.347 e. The maximum absolute atomic E-state index is 12.9. The minimum Gasteiger partial charge on any atom is -0.347 e. The van der Waals surface area contributed by atoms with Gasteiger partial charge in [-0.05, 0) is 36.8 Å². The van der Waals surface area contributed by atoms with E-state index >= 15 is 0 Å². The summed E-state index contributed by atoms with van der Waals surface area (Å²) in [6.07, 6.45) is 2.27. The quantitative estimate of drug-likeness (QED) is 0.723. The average molecular weight is 353 g/mol. The fourth-order valence-corrected chi connectivity index (χ4v) is 3.50. The van der Waals surface area contributed by atoms with Crippen LogP contribution in [0.3, 0.4) is 0 Å². The number of likely N-dealkylation sites (N-methyl/N-ethyl adjacent to an activating group) is 1. The molecule has 0 spiro atoms. The van der Waals surface area contributed by atoms with Crippen LogP contribution in [0.5, 0.6) is 0 Å². The van der Waals surface area contributed by atoms with E-state index in [0.29, 0.717) is 11.6 Å². The van der Waals surface area contributed by atoms with Crippen LogP contribution in [-0.4, -0.2) is 35.5 Å². The van der Waals surface area contributed by atoms with Crippen molar-refractivity contribution in [2.75, 3.05) is 23.4 Å². The molecule has 1 aliphatic rings. The summed E-state index contributed by atoms with van der Waals surface area (Å²) in [5.74, 6) is 0.837. The second-order valence-corrected chi connectivity index (χ2v) is 6.54. The average Bonchev–Trinajstić information content (AvgIpc) is 3.02. The van der Waals surface area contributed by atoms with Crippen molar-refractivity contribution in [1.82, 2.24) is 9.97 Å². The van der Waals surface area contributed by atoms with Crippen LogP contribution in [0, 0.1) is 0 Å². The molecule has 1 aliphatic heterocycles. The van der Waals surface area contributed by atoms with Crippen molar-refractivity contribution in [2.24, 2.45) is 0 Å². The van der Waals surface area contributed by atoms with Crippen LogP contribution in [0.15, 0.2) is 54.9 Å². The van der Waals surface area contributed by atoms with E-state index < -0.39 is 0 Å². The van der Waals surface area contributed by atoms with Crippen LogP contribution in [0.2, 0.25) is 5.02 Å². The van der Waals surface area contributed by atoms with Crippen molar-refractivity contribution in [2.45, 2.75) is 12.5 Å². The second kappa shape index (κ2) is 6.33. The van der Waals surface area contributed by atoms with Crippen LogP contribution in [0.4, 0.5) is 11.5 Å². The Hall–Kier alpha value is -2.66. The van der Waals surface area contributed by atoms with Gasteiger partial charge in [-0.15, -0.1) is 0 Å². The topological polar surface area (TPSA) is 49.3 Å². The van der Waals surface area contributed by atoms with Gasteiger partial charge in [-0.2, -0.15) is 0 Å². The number of carbonyl (C=O) groups is 1. The third-order valence-electron chi connectivity index (χ3n) is 4.62. The molecule has 5 nitrogen and oxygen atoms in total. The van der Waals surface area contributed by atoms with Crippen LogP contribution >= 0.6 is 11.6 Å². The molecule has 3 aromatic rings. The predicted octanol–water partition coefficient (Wildman–Crippen LogP) is 3.52. The van der Waals surface area contributed by atoms with Gasteiger partial charge in [0.05, 0.1) is 5.52 Å². The van der Waals surface area contributed by atoms with Crippen molar-refractivity contribution in [1.29, 1.82) is 0 Å². The third kappa shape index (κ3) is 2.81. The minimum absolute atomic E-state index is 0.0921. The van der Waals surface area contributed by atoms with Gasteiger partial charge in [0.15, 0.2) is 0 Å². The van der Waals surface area contributed by atoms with Crippen molar-refractivity contribution in [3.63, 3.8) is 0 Å². The van der Waals surface area contributed by atoms with E-state index in [1.807, 2.05) is 65.4 Å². The Bertz CT molecular complexity index is 931. The lowest BCUT2D eigenvalue weighted by molar-refractivity contribution is -0.118. The first-order valence-corrected chi connectivity index (χ1v) is 8.52. The summed E-state index contributed by atoms with van der Waals surface area (Å²) >= 11 is 6.05. The number of para-hydroxylation sites is 1. The highest BCUT2D eigenvalue weighted by Crippen LogP contribution is 2.30. The summed E-state index contributed by atoms with van der Waals surface area (Å²) in [6, 6.07) is 15.0. The van der Waals surface area contributed by atoms with E-state index in [0.717, 1.165) is 28.8 Å². The first-order chi connectivity index (χ1) is 12.1. The molecule has 4 rings (SSSR count). The molecular formula is C19H17ClN4O. The molecule has 1 aromatic heterocycles. The molecule has 1 atom stereocenters. The summed E-state index contributed by atoms with van der Waals surface area (Å²) in [7, 11) is 1.91. The summed E-state index contributed by atoms with van der Waals surface area (Å²) < 4.78 is 0. The molecule has 6 heteroatoms. The van der Waals surface area contributed by atoms with E-state index in [2.05, 4.69) is 9.97 Å². The van der Waals surface area contributed by atoms with E-state index in [1.165, 1.54) is 6.33 Å². The molecule has 0 saturated carbocycles. The second-order valence-electron chi connectivity index (χ2n) is 6.10. The number of rotatable bonds is 3. The Kier molecular flexibility index (Phi) is 4.01. The zero-order valence-electron chi connectivity index (χ0n) is 13.8. The number of anilines is 2. The third-order valence-corrected chi connectivity index (χ3v) is 4.86. The highest BCUT2D eigenvalue weighted by Gasteiger charge is 2.36. The van der Waals surface area contributed by atoms with Crippen molar-refractivity contribution >= 4 is 39.9 Å². The number of aromatic nitrogens is 2. The molecule has 0 N–H and O–H groups in total. The van der Waals surface area contributed by atoms with Gasteiger partial charge in [-0.1, -0.05) is 29.8 Å². The van der Waals surface area contributed by atoms with Gasteiger partial charge >= 0.3 is 0 Å².